The molecule has 1 nitrogen and oxygen atoms in total. The van der Waals surface area contributed by atoms with Gasteiger partial charge in [0.25, 0.3) is 0 Å². The van der Waals surface area contributed by atoms with E-state index in [1.807, 2.05) is 37.3 Å². The van der Waals surface area contributed by atoms with Gasteiger partial charge in [-0.2, -0.15) is 0 Å². The van der Waals surface area contributed by atoms with Gasteiger partial charge in [0.05, 0.1) is 6.61 Å². The van der Waals surface area contributed by atoms with Crippen molar-refractivity contribution in [3.8, 4) is 16.9 Å². The fourth-order valence-corrected chi connectivity index (χ4v) is 1.60. The second-order valence-corrected chi connectivity index (χ2v) is 3.47. The lowest BCUT2D eigenvalue weighted by Gasteiger charge is -2.06. The summed E-state index contributed by atoms with van der Waals surface area (Å²) in [5.41, 5.74) is 1.83. The Balaban J connectivity index is 2.36. The lowest BCUT2D eigenvalue weighted by molar-refractivity contribution is 0.340. The van der Waals surface area contributed by atoms with Crippen LogP contribution >= 0.6 is 0 Å². The molecule has 0 fully saturated rings. The number of hydrogen-bond donors (Lipinski definition) is 0. The Morgan fingerprint density at radius 1 is 1.00 bits per heavy atom. The monoisotopic (exact) mass is 216 g/mol. The van der Waals surface area contributed by atoms with E-state index in [2.05, 4.69) is 0 Å². The molecule has 0 aliphatic carbocycles. The molecule has 0 saturated heterocycles. The summed E-state index contributed by atoms with van der Waals surface area (Å²) >= 11 is 0. The zero-order chi connectivity index (χ0) is 11.4. The average molecular weight is 216 g/mol. The van der Waals surface area contributed by atoms with Crippen LogP contribution < -0.4 is 4.74 Å². The first-order valence-corrected chi connectivity index (χ1v) is 5.28. The van der Waals surface area contributed by atoms with E-state index in [-0.39, 0.29) is 5.82 Å². The minimum atomic E-state index is -0.223. The standard InChI is InChI=1S/C14H13FO/c1-2-16-14-8-4-6-12(10-14)11-5-3-7-13(15)9-11/h3-10H,2H2,1H3. The van der Waals surface area contributed by atoms with Crippen molar-refractivity contribution >= 4 is 0 Å². The second kappa shape index (κ2) is 4.79. The first kappa shape index (κ1) is 10.7. The third-order valence-corrected chi connectivity index (χ3v) is 2.30. The van der Waals surface area contributed by atoms with Crippen molar-refractivity contribution in [2.24, 2.45) is 0 Å². The van der Waals surface area contributed by atoms with Crippen molar-refractivity contribution in [1.29, 1.82) is 0 Å². The molecule has 0 aromatic heterocycles. The molecule has 0 heterocycles. The second-order valence-electron chi connectivity index (χ2n) is 3.47. The van der Waals surface area contributed by atoms with Gasteiger partial charge < -0.3 is 4.74 Å². The predicted molar refractivity (Wildman–Crippen MR) is 63.0 cm³/mol. The molecule has 0 aliphatic heterocycles. The summed E-state index contributed by atoms with van der Waals surface area (Å²) in [5.74, 6) is 0.587. The van der Waals surface area contributed by atoms with Crippen molar-refractivity contribution in [3.63, 3.8) is 0 Å². The van der Waals surface area contributed by atoms with Gasteiger partial charge in [-0.15, -0.1) is 0 Å². The summed E-state index contributed by atoms with van der Waals surface area (Å²) in [5, 5.41) is 0. The summed E-state index contributed by atoms with van der Waals surface area (Å²) in [6.45, 7) is 2.57. The molecule has 16 heavy (non-hydrogen) atoms. The van der Waals surface area contributed by atoms with Crippen LogP contribution in [0.15, 0.2) is 48.5 Å². The molecule has 0 bridgehead atoms. The number of halogens is 1. The van der Waals surface area contributed by atoms with Crippen LogP contribution in [-0.4, -0.2) is 6.61 Å². The first-order chi connectivity index (χ1) is 7.79. The van der Waals surface area contributed by atoms with E-state index in [0.29, 0.717) is 6.61 Å². The first-order valence-electron chi connectivity index (χ1n) is 5.28. The van der Waals surface area contributed by atoms with Gasteiger partial charge >= 0.3 is 0 Å². The van der Waals surface area contributed by atoms with Crippen LogP contribution in [-0.2, 0) is 0 Å². The summed E-state index contributed by atoms with van der Waals surface area (Å²) in [4.78, 5) is 0. The summed E-state index contributed by atoms with van der Waals surface area (Å²) < 4.78 is 18.5. The topological polar surface area (TPSA) is 9.23 Å². The van der Waals surface area contributed by atoms with E-state index in [1.165, 1.54) is 12.1 Å². The van der Waals surface area contributed by atoms with Crippen LogP contribution in [0.2, 0.25) is 0 Å². The third-order valence-electron chi connectivity index (χ3n) is 2.30. The zero-order valence-corrected chi connectivity index (χ0v) is 9.11. The number of ether oxygens (including phenoxy) is 1. The van der Waals surface area contributed by atoms with Crippen molar-refractivity contribution in [2.75, 3.05) is 6.61 Å². The molecule has 0 spiro atoms. The predicted octanol–water partition coefficient (Wildman–Crippen LogP) is 3.89. The molecule has 0 saturated carbocycles. The van der Waals surface area contributed by atoms with Crippen LogP contribution in [0.5, 0.6) is 5.75 Å². The maximum atomic E-state index is 13.1. The number of rotatable bonds is 3. The summed E-state index contributed by atoms with van der Waals surface area (Å²) in [6.07, 6.45) is 0. The minimum Gasteiger partial charge on any atom is -0.494 e. The maximum Gasteiger partial charge on any atom is 0.123 e. The third kappa shape index (κ3) is 2.40. The molecule has 0 radical (unpaired) electrons. The Labute approximate surface area is 94.5 Å². The Morgan fingerprint density at radius 3 is 2.38 bits per heavy atom. The van der Waals surface area contributed by atoms with Crippen molar-refractivity contribution in [3.05, 3.63) is 54.3 Å². The molecule has 82 valence electrons. The Bertz CT molecular complexity index is 480. The fraction of sp³-hybridized carbons (Fsp3) is 0.143. The SMILES string of the molecule is CCOc1cccc(-c2cccc(F)c2)c1. The summed E-state index contributed by atoms with van der Waals surface area (Å²) in [6, 6.07) is 14.2. The van der Waals surface area contributed by atoms with Gasteiger partial charge in [-0.05, 0) is 42.3 Å². The minimum absolute atomic E-state index is 0.223. The zero-order valence-electron chi connectivity index (χ0n) is 9.11. The molecule has 0 amide bonds. The van der Waals surface area contributed by atoms with Gasteiger partial charge in [0.15, 0.2) is 0 Å². The molecule has 0 N–H and O–H groups in total. The van der Waals surface area contributed by atoms with Gasteiger partial charge in [0.2, 0.25) is 0 Å². The van der Waals surface area contributed by atoms with E-state index < -0.39 is 0 Å². The molecule has 2 rings (SSSR count). The lowest BCUT2D eigenvalue weighted by Crippen LogP contribution is -1.91. The van der Waals surface area contributed by atoms with Gasteiger partial charge in [0, 0.05) is 0 Å². The van der Waals surface area contributed by atoms with Crippen LogP contribution in [0.25, 0.3) is 11.1 Å². The molecule has 0 atom stereocenters. The van der Waals surface area contributed by atoms with E-state index in [1.54, 1.807) is 6.07 Å². The molecule has 2 aromatic rings. The highest BCUT2D eigenvalue weighted by Gasteiger charge is 2.00. The van der Waals surface area contributed by atoms with E-state index in [4.69, 9.17) is 4.74 Å². The number of hydrogen-bond acceptors (Lipinski definition) is 1. The molecule has 2 heteroatoms. The van der Waals surface area contributed by atoms with Gasteiger partial charge in [0.1, 0.15) is 11.6 Å². The molecule has 0 unspecified atom stereocenters. The Kier molecular flexibility index (Phi) is 3.20. The smallest absolute Gasteiger partial charge is 0.123 e. The Hall–Kier alpha value is -1.83. The van der Waals surface area contributed by atoms with Crippen molar-refractivity contribution in [1.82, 2.24) is 0 Å². The van der Waals surface area contributed by atoms with Crippen molar-refractivity contribution in [2.45, 2.75) is 6.92 Å². The quantitative estimate of drug-likeness (QED) is 0.756. The van der Waals surface area contributed by atoms with Gasteiger partial charge in [-0.25, -0.2) is 4.39 Å². The molecule has 2 aromatic carbocycles. The van der Waals surface area contributed by atoms with Crippen LogP contribution in [0.3, 0.4) is 0 Å². The molecular weight excluding hydrogens is 203 g/mol. The van der Waals surface area contributed by atoms with E-state index >= 15 is 0 Å². The van der Waals surface area contributed by atoms with Crippen LogP contribution in [0, 0.1) is 5.82 Å². The largest absolute Gasteiger partial charge is 0.494 e. The number of benzene rings is 2. The van der Waals surface area contributed by atoms with Crippen LogP contribution in [0.4, 0.5) is 4.39 Å². The Morgan fingerprint density at radius 2 is 1.69 bits per heavy atom. The van der Waals surface area contributed by atoms with E-state index in [0.717, 1.165) is 16.9 Å². The highest BCUT2D eigenvalue weighted by Crippen LogP contribution is 2.24. The van der Waals surface area contributed by atoms with Gasteiger partial charge in [-0.1, -0.05) is 24.3 Å². The van der Waals surface area contributed by atoms with E-state index in [9.17, 15) is 4.39 Å². The normalized spacial score (nSPS) is 10.1. The average Bonchev–Trinajstić information content (AvgIpc) is 2.30. The molecule has 0 aliphatic rings. The van der Waals surface area contributed by atoms with Crippen molar-refractivity contribution < 1.29 is 9.13 Å². The highest BCUT2D eigenvalue weighted by atomic mass is 19.1. The lowest BCUT2D eigenvalue weighted by atomic mass is 10.1. The fourth-order valence-electron chi connectivity index (χ4n) is 1.60. The highest BCUT2D eigenvalue weighted by molar-refractivity contribution is 5.64. The maximum absolute atomic E-state index is 13.1. The van der Waals surface area contributed by atoms with Crippen LogP contribution in [0.1, 0.15) is 6.92 Å². The summed E-state index contributed by atoms with van der Waals surface area (Å²) in [7, 11) is 0. The van der Waals surface area contributed by atoms with Gasteiger partial charge in [-0.3, -0.25) is 0 Å². The molecular formula is C14H13FO.